The first-order chi connectivity index (χ1) is 18.4. The van der Waals surface area contributed by atoms with Gasteiger partial charge < -0.3 is 30.0 Å². The summed E-state index contributed by atoms with van der Waals surface area (Å²) in [6, 6.07) is 5.85. The number of hydrogen-bond donors (Lipinski definition) is 2. The zero-order chi connectivity index (χ0) is 26.4. The van der Waals surface area contributed by atoms with Crippen LogP contribution in [0.4, 0.5) is 5.82 Å². The minimum atomic E-state index is -0.239. The molecular weight excluding hydrogens is 506 g/mol. The molecule has 0 spiro atoms. The normalized spacial score (nSPS) is 24.0. The van der Waals surface area contributed by atoms with Gasteiger partial charge in [-0.25, -0.2) is 4.98 Å². The largest absolute Gasteiger partial charge is 0.382 e. The fourth-order valence-corrected chi connectivity index (χ4v) is 5.94. The second kappa shape index (κ2) is 10.1. The number of nitrogens with two attached hydrogens (primary N) is 1. The maximum absolute atomic E-state index is 13.0. The minimum absolute atomic E-state index is 0.00404. The number of fused-ring (bicyclic) bond motifs is 2. The molecule has 0 radical (unpaired) electrons. The molecule has 3 N–H and O–H groups in total. The highest BCUT2D eigenvalue weighted by Gasteiger charge is 2.48. The molecule has 1 saturated heterocycles. The Hall–Kier alpha value is -2.79. The van der Waals surface area contributed by atoms with Crippen LogP contribution < -0.4 is 16.0 Å². The molecule has 11 heteroatoms. The number of carbonyl (C=O) groups excluding carboxylic acids is 1. The number of aromatic nitrogens is 4. The Morgan fingerprint density at radius 2 is 2.13 bits per heavy atom. The molecule has 1 saturated carbocycles. The number of methoxy groups -OCH3 is 1. The molecule has 38 heavy (non-hydrogen) atoms. The fraction of sp³-hybridized carbons (Fsp3) is 0.556. The molecule has 10 nitrogen and oxygen atoms in total. The summed E-state index contributed by atoms with van der Waals surface area (Å²) in [6.07, 6.45) is 6.17. The average Bonchev–Trinajstić information content (AvgIpc) is 3.47. The summed E-state index contributed by atoms with van der Waals surface area (Å²) >= 11 is 6.35. The molecule has 1 amide bonds. The highest BCUT2D eigenvalue weighted by atomic mass is 35.5. The number of nitrogens with one attached hydrogen (secondary N) is 1. The highest BCUT2D eigenvalue weighted by molar-refractivity contribution is 6.35. The quantitative estimate of drug-likeness (QED) is 0.448. The molecular formula is C27H34ClN7O3. The van der Waals surface area contributed by atoms with Crippen molar-refractivity contribution in [2.45, 2.75) is 69.4 Å². The van der Waals surface area contributed by atoms with Crippen molar-refractivity contribution in [1.29, 1.82) is 0 Å². The van der Waals surface area contributed by atoms with E-state index in [4.69, 9.17) is 31.8 Å². The van der Waals surface area contributed by atoms with Crippen molar-refractivity contribution in [3.63, 3.8) is 0 Å². The van der Waals surface area contributed by atoms with Gasteiger partial charge in [-0.3, -0.25) is 4.79 Å². The molecule has 2 fully saturated rings. The van der Waals surface area contributed by atoms with Gasteiger partial charge in [0.1, 0.15) is 5.82 Å². The van der Waals surface area contributed by atoms with Crippen LogP contribution in [-0.4, -0.2) is 76.3 Å². The topological polar surface area (TPSA) is 120 Å². The molecule has 3 aromatic rings. The first kappa shape index (κ1) is 25.5. The van der Waals surface area contributed by atoms with Gasteiger partial charge in [0.2, 0.25) is 0 Å². The third-order valence-electron chi connectivity index (χ3n) is 7.98. The fourth-order valence-electron chi connectivity index (χ4n) is 5.68. The van der Waals surface area contributed by atoms with Crippen LogP contribution in [0.3, 0.4) is 0 Å². The molecule has 2 aliphatic carbocycles. The van der Waals surface area contributed by atoms with E-state index in [1.165, 1.54) is 0 Å². The van der Waals surface area contributed by atoms with E-state index in [-0.39, 0.29) is 35.4 Å². The van der Waals surface area contributed by atoms with Gasteiger partial charge >= 0.3 is 0 Å². The maximum atomic E-state index is 13.0. The van der Waals surface area contributed by atoms with Crippen molar-refractivity contribution in [1.82, 2.24) is 25.1 Å². The zero-order valence-electron chi connectivity index (χ0n) is 21.8. The zero-order valence-corrected chi connectivity index (χ0v) is 22.6. The molecule has 4 heterocycles. The van der Waals surface area contributed by atoms with Crippen molar-refractivity contribution < 1.29 is 14.3 Å². The van der Waals surface area contributed by atoms with Gasteiger partial charge in [-0.15, -0.1) is 10.2 Å². The Labute approximate surface area is 226 Å². The molecule has 3 aromatic heterocycles. The van der Waals surface area contributed by atoms with E-state index in [1.807, 2.05) is 17.7 Å². The van der Waals surface area contributed by atoms with Crippen LogP contribution in [0.2, 0.25) is 5.02 Å². The summed E-state index contributed by atoms with van der Waals surface area (Å²) in [5.74, 6) is 0.695. The molecule has 3 aliphatic rings. The standard InChI is InChI=1S/C27H34ClN7O3/c1-3-34-12-19(28)18-11-22(32-33-25(18)34)26(36)30-17-5-6-21-16(10-17)4-7-24(31-21)35-13-20(29)23(14-35)38-27(8-9-27)15-37-2/h4,7,11-12,17,20,23H,3,5-6,8-10,13-15,29H2,1-2H3,(H,30,36). The number of hydrogen-bond acceptors (Lipinski definition) is 8. The van der Waals surface area contributed by atoms with E-state index in [1.54, 1.807) is 13.2 Å². The van der Waals surface area contributed by atoms with Crippen molar-refractivity contribution in [3.8, 4) is 0 Å². The van der Waals surface area contributed by atoms with Crippen LogP contribution in [-0.2, 0) is 28.9 Å². The Bertz CT molecular complexity index is 1360. The number of anilines is 1. The number of aryl methyl sites for hydroxylation is 2. The minimum Gasteiger partial charge on any atom is -0.382 e. The lowest BCUT2D eigenvalue weighted by Gasteiger charge is -2.26. The van der Waals surface area contributed by atoms with Crippen molar-refractivity contribution >= 4 is 34.4 Å². The Morgan fingerprint density at radius 1 is 1.29 bits per heavy atom. The smallest absolute Gasteiger partial charge is 0.272 e. The third-order valence-corrected chi connectivity index (χ3v) is 8.28. The molecule has 6 rings (SSSR count). The molecule has 3 unspecified atom stereocenters. The lowest BCUT2D eigenvalue weighted by Crippen LogP contribution is -2.39. The summed E-state index contributed by atoms with van der Waals surface area (Å²) < 4.78 is 13.6. The van der Waals surface area contributed by atoms with Crippen LogP contribution in [0.1, 0.15) is 47.9 Å². The number of amides is 1. The van der Waals surface area contributed by atoms with Gasteiger partial charge in [-0.2, -0.15) is 0 Å². The second-order valence-electron chi connectivity index (χ2n) is 10.8. The van der Waals surface area contributed by atoms with E-state index < -0.39 is 0 Å². The maximum Gasteiger partial charge on any atom is 0.272 e. The number of carbonyl (C=O) groups is 1. The predicted molar refractivity (Wildman–Crippen MR) is 145 cm³/mol. The van der Waals surface area contributed by atoms with Crippen LogP contribution in [0.5, 0.6) is 0 Å². The van der Waals surface area contributed by atoms with E-state index in [0.29, 0.717) is 17.3 Å². The van der Waals surface area contributed by atoms with Gasteiger partial charge in [0.15, 0.2) is 11.3 Å². The van der Waals surface area contributed by atoms with Crippen LogP contribution in [0.25, 0.3) is 11.0 Å². The first-order valence-electron chi connectivity index (χ1n) is 13.4. The van der Waals surface area contributed by atoms with Crippen LogP contribution in [0.15, 0.2) is 24.4 Å². The molecule has 3 atom stereocenters. The third kappa shape index (κ3) is 4.86. The number of pyridine rings is 1. The molecule has 202 valence electrons. The Balaban J connectivity index is 1.09. The Morgan fingerprint density at radius 3 is 2.89 bits per heavy atom. The summed E-state index contributed by atoms with van der Waals surface area (Å²) in [5, 5.41) is 12.8. The predicted octanol–water partition coefficient (Wildman–Crippen LogP) is 2.50. The Kier molecular flexibility index (Phi) is 6.75. The highest BCUT2D eigenvalue weighted by Crippen LogP contribution is 2.42. The second-order valence-corrected chi connectivity index (χ2v) is 11.2. The van der Waals surface area contributed by atoms with Crippen molar-refractivity contribution in [2.24, 2.45) is 5.73 Å². The molecule has 1 aliphatic heterocycles. The monoisotopic (exact) mass is 539 g/mol. The molecule has 0 bridgehead atoms. The van der Waals surface area contributed by atoms with Gasteiger partial charge in [-0.1, -0.05) is 17.7 Å². The number of ether oxygens (including phenoxy) is 2. The van der Waals surface area contributed by atoms with Crippen molar-refractivity contribution in [2.75, 3.05) is 31.7 Å². The average molecular weight is 540 g/mol. The van der Waals surface area contributed by atoms with Crippen molar-refractivity contribution in [3.05, 3.63) is 46.4 Å². The number of nitrogens with zero attached hydrogens (tertiary/aromatic N) is 5. The van der Waals surface area contributed by atoms with Gasteiger partial charge in [0, 0.05) is 50.1 Å². The summed E-state index contributed by atoms with van der Waals surface area (Å²) in [6.45, 7) is 4.81. The van der Waals surface area contributed by atoms with Crippen LogP contribution >= 0.6 is 11.6 Å². The van der Waals surface area contributed by atoms with E-state index in [2.05, 4.69) is 32.5 Å². The summed E-state index contributed by atoms with van der Waals surface area (Å²) in [4.78, 5) is 20.2. The number of halogens is 1. The summed E-state index contributed by atoms with van der Waals surface area (Å²) in [5.41, 5.74) is 9.48. The van der Waals surface area contributed by atoms with E-state index in [0.717, 1.165) is 74.2 Å². The van der Waals surface area contributed by atoms with Gasteiger partial charge in [-0.05, 0) is 56.7 Å². The SMILES string of the molecule is CCn1cc(Cl)c2cc(C(=O)NC3CCc4nc(N5CC(N)C(OC6(COC)CC6)C5)ccc4C3)nnc21. The number of rotatable bonds is 8. The van der Waals surface area contributed by atoms with Crippen LogP contribution in [0, 0.1) is 0 Å². The summed E-state index contributed by atoms with van der Waals surface area (Å²) in [7, 11) is 1.71. The lowest BCUT2D eigenvalue weighted by molar-refractivity contribution is -0.0623. The molecule has 0 aromatic carbocycles. The van der Waals surface area contributed by atoms with E-state index in [9.17, 15) is 4.79 Å². The lowest BCUT2D eigenvalue weighted by atomic mass is 9.91. The van der Waals surface area contributed by atoms with Gasteiger partial charge in [0.05, 0.1) is 29.4 Å². The van der Waals surface area contributed by atoms with Gasteiger partial charge in [0.25, 0.3) is 5.91 Å². The van der Waals surface area contributed by atoms with E-state index >= 15 is 0 Å². The first-order valence-corrected chi connectivity index (χ1v) is 13.7.